The van der Waals surface area contributed by atoms with Gasteiger partial charge in [-0.15, -0.1) is 11.8 Å². The van der Waals surface area contributed by atoms with E-state index in [4.69, 9.17) is 35.4 Å². The van der Waals surface area contributed by atoms with Crippen LogP contribution in [0.15, 0.2) is 67.3 Å². The van der Waals surface area contributed by atoms with Crippen LogP contribution in [0.2, 0.25) is 5.02 Å². The number of benzene rings is 2. The molecule has 0 spiro atoms. The summed E-state index contributed by atoms with van der Waals surface area (Å²) >= 11 is 24.5. The third-order valence-electron chi connectivity index (χ3n) is 3.91. The number of halogens is 3. The van der Waals surface area contributed by atoms with Gasteiger partial charge in [-0.2, -0.15) is 12.6 Å². The van der Waals surface area contributed by atoms with E-state index in [2.05, 4.69) is 17.6 Å². The lowest BCUT2D eigenvalue weighted by atomic mass is 10.1. The van der Waals surface area contributed by atoms with Crippen molar-refractivity contribution in [2.24, 2.45) is 0 Å². The van der Waals surface area contributed by atoms with Gasteiger partial charge in [0, 0.05) is 17.4 Å². The number of hydrogen-bond acceptors (Lipinski definition) is 4. The summed E-state index contributed by atoms with van der Waals surface area (Å²) in [5, 5.41) is 0.144. The molecule has 27 heavy (non-hydrogen) atoms. The molecule has 0 amide bonds. The second-order valence-electron chi connectivity index (χ2n) is 5.75. The Kier molecular flexibility index (Phi) is 7.22. The lowest BCUT2D eigenvalue weighted by Gasteiger charge is -2.25. The Labute approximate surface area is 182 Å². The van der Waals surface area contributed by atoms with E-state index in [9.17, 15) is 4.39 Å². The standard InChI is InChI=1S/C19H15Cl2FN2S3/c20-14-5-1-13(2-6-14)17(18(21)24-10-9-23-11-24)27-19(26)16(25)12-3-7-15(22)8-4-12/h1-11,16-18,25H. The van der Waals surface area contributed by atoms with Crippen LogP contribution in [0.4, 0.5) is 4.39 Å². The Hall–Kier alpha value is -1.05. The lowest BCUT2D eigenvalue weighted by molar-refractivity contribution is 0.627. The molecule has 0 aliphatic rings. The first-order valence-corrected chi connectivity index (χ1v) is 10.6. The average molecular weight is 457 g/mol. The molecule has 0 radical (unpaired) electrons. The van der Waals surface area contributed by atoms with Crippen molar-refractivity contribution in [3.8, 4) is 0 Å². The molecule has 3 aromatic rings. The van der Waals surface area contributed by atoms with Gasteiger partial charge in [0.25, 0.3) is 0 Å². The number of nitrogens with zero attached hydrogens (tertiary/aromatic N) is 2. The Morgan fingerprint density at radius 2 is 1.74 bits per heavy atom. The predicted molar refractivity (Wildman–Crippen MR) is 120 cm³/mol. The summed E-state index contributed by atoms with van der Waals surface area (Å²) < 4.78 is 15.6. The van der Waals surface area contributed by atoms with Gasteiger partial charge in [-0.25, -0.2) is 9.37 Å². The number of thiol groups is 1. The fraction of sp³-hybridized carbons (Fsp3) is 0.158. The molecule has 2 aromatic carbocycles. The number of thioether (sulfide) groups is 1. The highest BCUT2D eigenvalue weighted by Crippen LogP contribution is 2.45. The van der Waals surface area contributed by atoms with Crippen molar-refractivity contribution in [3.63, 3.8) is 0 Å². The number of rotatable bonds is 6. The van der Waals surface area contributed by atoms with Crippen molar-refractivity contribution in [2.45, 2.75) is 16.0 Å². The van der Waals surface area contributed by atoms with Gasteiger partial charge in [0.1, 0.15) is 11.3 Å². The summed E-state index contributed by atoms with van der Waals surface area (Å²) in [6, 6.07) is 13.7. The molecule has 0 N–H and O–H groups in total. The summed E-state index contributed by atoms with van der Waals surface area (Å²) in [6.07, 6.45) is 5.15. The molecule has 0 saturated heterocycles. The number of hydrogen-bond donors (Lipinski definition) is 1. The minimum Gasteiger partial charge on any atom is -0.319 e. The maximum Gasteiger partial charge on any atom is 0.125 e. The van der Waals surface area contributed by atoms with Crippen molar-refractivity contribution < 1.29 is 4.39 Å². The molecule has 0 saturated carbocycles. The highest BCUT2D eigenvalue weighted by Gasteiger charge is 2.27. The fourth-order valence-corrected chi connectivity index (χ4v) is 4.88. The molecule has 3 atom stereocenters. The molecule has 1 aromatic heterocycles. The zero-order valence-corrected chi connectivity index (χ0v) is 17.9. The maximum atomic E-state index is 13.2. The highest BCUT2D eigenvalue weighted by molar-refractivity contribution is 8.24. The Morgan fingerprint density at radius 3 is 2.33 bits per heavy atom. The smallest absolute Gasteiger partial charge is 0.125 e. The van der Waals surface area contributed by atoms with E-state index in [1.165, 1.54) is 23.9 Å². The second-order valence-corrected chi connectivity index (χ2v) is 9.03. The van der Waals surface area contributed by atoms with Crippen LogP contribution < -0.4 is 0 Å². The summed E-state index contributed by atoms with van der Waals surface area (Å²) in [7, 11) is 0. The van der Waals surface area contributed by atoms with Crippen molar-refractivity contribution in [3.05, 3.63) is 89.2 Å². The molecule has 0 fully saturated rings. The number of aromatic nitrogens is 2. The van der Waals surface area contributed by atoms with Crippen LogP contribution >= 0.6 is 59.8 Å². The van der Waals surface area contributed by atoms with E-state index in [0.29, 0.717) is 9.22 Å². The molecule has 3 rings (SSSR count). The SMILES string of the molecule is Fc1ccc(C(S)C(=S)SC(c2ccc(Cl)cc2)C(Cl)n2ccnc2)cc1. The van der Waals surface area contributed by atoms with Crippen LogP contribution in [0, 0.1) is 5.82 Å². The zero-order chi connectivity index (χ0) is 19.4. The van der Waals surface area contributed by atoms with Gasteiger partial charge in [-0.05, 0) is 35.4 Å². The van der Waals surface area contributed by atoms with Crippen LogP contribution in [-0.4, -0.2) is 13.7 Å². The largest absolute Gasteiger partial charge is 0.319 e. The Bertz CT molecular complexity index is 886. The first kappa shape index (κ1) is 20.7. The summed E-state index contributed by atoms with van der Waals surface area (Å²) in [5.74, 6) is -0.294. The van der Waals surface area contributed by atoms with E-state index in [0.717, 1.165) is 11.1 Å². The highest BCUT2D eigenvalue weighted by atomic mass is 35.5. The first-order valence-electron chi connectivity index (χ1n) is 7.96. The number of thiocarbonyl (C=S) groups is 1. The van der Waals surface area contributed by atoms with Crippen molar-refractivity contribution in [2.75, 3.05) is 0 Å². The molecule has 2 nitrogen and oxygen atoms in total. The third kappa shape index (κ3) is 5.27. The molecular formula is C19H15Cl2FN2S3. The van der Waals surface area contributed by atoms with Gasteiger partial charge in [0.2, 0.25) is 0 Å². The fourth-order valence-electron chi connectivity index (χ4n) is 2.48. The van der Waals surface area contributed by atoms with Crippen LogP contribution in [0.25, 0.3) is 0 Å². The monoisotopic (exact) mass is 456 g/mol. The van der Waals surface area contributed by atoms with Crippen molar-refractivity contribution in [1.29, 1.82) is 0 Å². The van der Waals surface area contributed by atoms with Crippen LogP contribution in [-0.2, 0) is 0 Å². The van der Waals surface area contributed by atoms with Gasteiger partial charge < -0.3 is 4.57 Å². The summed E-state index contributed by atoms with van der Waals surface area (Å²) in [6.45, 7) is 0. The maximum absolute atomic E-state index is 13.2. The van der Waals surface area contributed by atoms with Crippen LogP contribution in [0.5, 0.6) is 0 Å². The normalized spacial score (nSPS) is 14.5. The van der Waals surface area contributed by atoms with E-state index in [1.54, 1.807) is 24.7 Å². The minimum atomic E-state index is -0.412. The predicted octanol–water partition coefficient (Wildman–Crippen LogP) is 6.89. The van der Waals surface area contributed by atoms with Crippen LogP contribution in [0.1, 0.15) is 27.1 Å². The van der Waals surface area contributed by atoms with Crippen molar-refractivity contribution >= 4 is 64.0 Å². The van der Waals surface area contributed by atoms with E-state index in [-0.39, 0.29) is 16.3 Å². The second kappa shape index (κ2) is 9.43. The Morgan fingerprint density at radius 1 is 1.11 bits per heavy atom. The molecule has 8 heteroatoms. The minimum absolute atomic E-state index is 0.180. The average Bonchev–Trinajstić information content (AvgIpc) is 3.21. The van der Waals surface area contributed by atoms with Gasteiger partial charge in [0.05, 0.1) is 21.0 Å². The molecule has 1 heterocycles. The molecule has 140 valence electrons. The van der Waals surface area contributed by atoms with Gasteiger partial charge in [0.15, 0.2) is 0 Å². The molecule has 3 unspecified atom stereocenters. The lowest BCUT2D eigenvalue weighted by Crippen LogP contribution is -2.12. The zero-order valence-electron chi connectivity index (χ0n) is 13.9. The molecule has 0 bridgehead atoms. The topological polar surface area (TPSA) is 17.8 Å². The van der Waals surface area contributed by atoms with Crippen LogP contribution in [0.3, 0.4) is 0 Å². The van der Waals surface area contributed by atoms with Gasteiger partial charge in [-0.3, -0.25) is 0 Å². The van der Waals surface area contributed by atoms with E-state index in [1.807, 2.05) is 35.0 Å². The number of imidazole rings is 1. The Balaban J connectivity index is 1.85. The summed E-state index contributed by atoms with van der Waals surface area (Å²) in [5.41, 5.74) is 1.41. The van der Waals surface area contributed by atoms with Crippen molar-refractivity contribution in [1.82, 2.24) is 9.55 Å². The van der Waals surface area contributed by atoms with E-state index < -0.39 is 5.50 Å². The third-order valence-corrected chi connectivity index (χ3v) is 7.47. The quantitative estimate of drug-likeness (QED) is 0.247. The first-order chi connectivity index (χ1) is 13.0. The van der Waals surface area contributed by atoms with Gasteiger partial charge in [-0.1, -0.05) is 59.7 Å². The number of alkyl halides is 1. The van der Waals surface area contributed by atoms with Gasteiger partial charge >= 0.3 is 0 Å². The van der Waals surface area contributed by atoms with E-state index >= 15 is 0 Å². The molecule has 0 aliphatic heterocycles. The molecular weight excluding hydrogens is 442 g/mol. The molecule has 0 aliphatic carbocycles. The summed E-state index contributed by atoms with van der Waals surface area (Å²) in [4.78, 5) is 4.07.